The second-order valence-electron chi connectivity index (χ2n) is 2.87. The Balaban J connectivity index is 2.19. The molecule has 0 spiro atoms. The normalized spacial score (nSPS) is 17.7. The lowest BCUT2D eigenvalue weighted by Crippen LogP contribution is -1.94. The second kappa shape index (κ2) is 2.11. The van der Waals surface area contributed by atoms with E-state index in [1.807, 2.05) is 4.68 Å². The fourth-order valence-electron chi connectivity index (χ4n) is 1.15. The number of rotatable bonds is 2. The molecule has 1 aromatic heterocycles. The molecule has 0 amide bonds. The summed E-state index contributed by atoms with van der Waals surface area (Å²) in [6, 6.07) is 2.14. The van der Waals surface area contributed by atoms with E-state index in [9.17, 15) is 0 Å². The quantitative estimate of drug-likeness (QED) is 0.606. The summed E-state index contributed by atoms with van der Waals surface area (Å²) in [6.45, 7) is 3.11. The highest BCUT2D eigenvalue weighted by atomic mass is 15.3. The number of hydrogen-bond acceptors (Lipinski definition) is 1. The van der Waals surface area contributed by atoms with Gasteiger partial charge in [0.1, 0.15) is 0 Å². The standard InChI is InChI=1S/C8H12N2/c1-2-10-6-5-8(9-10)7-3-4-7/h5-7H,2-4H2,1H3. The van der Waals surface area contributed by atoms with E-state index in [0.29, 0.717) is 0 Å². The highest BCUT2D eigenvalue weighted by Crippen LogP contribution is 2.38. The molecule has 2 heteroatoms. The molecule has 0 bridgehead atoms. The Morgan fingerprint density at radius 1 is 1.70 bits per heavy atom. The first kappa shape index (κ1) is 5.96. The lowest BCUT2D eigenvalue weighted by molar-refractivity contribution is 0.647. The summed E-state index contributed by atoms with van der Waals surface area (Å²) in [5.41, 5.74) is 1.29. The summed E-state index contributed by atoms with van der Waals surface area (Å²) >= 11 is 0. The number of aryl methyl sites for hydroxylation is 1. The summed E-state index contributed by atoms with van der Waals surface area (Å²) < 4.78 is 1.99. The molecular formula is C8H12N2. The van der Waals surface area contributed by atoms with Gasteiger partial charge in [-0.25, -0.2) is 0 Å². The maximum atomic E-state index is 4.41. The summed E-state index contributed by atoms with van der Waals surface area (Å²) in [5, 5.41) is 4.41. The first-order valence-corrected chi connectivity index (χ1v) is 3.93. The molecule has 0 radical (unpaired) electrons. The summed E-state index contributed by atoms with van der Waals surface area (Å²) in [7, 11) is 0. The van der Waals surface area contributed by atoms with Gasteiger partial charge in [-0.2, -0.15) is 5.10 Å². The van der Waals surface area contributed by atoms with Crippen molar-refractivity contribution in [3.63, 3.8) is 0 Å². The van der Waals surface area contributed by atoms with Crippen LogP contribution in [0.3, 0.4) is 0 Å². The molecule has 10 heavy (non-hydrogen) atoms. The van der Waals surface area contributed by atoms with Crippen molar-refractivity contribution in [1.29, 1.82) is 0 Å². The maximum Gasteiger partial charge on any atom is 0.0655 e. The number of aromatic nitrogens is 2. The van der Waals surface area contributed by atoms with Crippen molar-refractivity contribution >= 4 is 0 Å². The average molecular weight is 136 g/mol. The third kappa shape index (κ3) is 0.939. The van der Waals surface area contributed by atoms with Crippen molar-refractivity contribution < 1.29 is 0 Å². The third-order valence-corrected chi connectivity index (χ3v) is 1.98. The van der Waals surface area contributed by atoms with E-state index in [4.69, 9.17) is 0 Å². The molecule has 1 fully saturated rings. The van der Waals surface area contributed by atoms with Crippen LogP contribution in [0.5, 0.6) is 0 Å². The first-order valence-electron chi connectivity index (χ1n) is 3.93. The molecule has 1 saturated carbocycles. The van der Waals surface area contributed by atoms with Crippen molar-refractivity contribution in [3.05, 3.63) is 18.0 Å². The van der Waals surface area contributed by atoms with Crippen LogP contribution in [-0.4, -0.2) is 9.78 Å². The van der Waals surface area contributed by atoms with Gasteiger partial charge in [0.2, 0.25) is 0 Å². The van der Waals surface area contributed by atoms with Crippen LogP contribution in [0.25, 0.3) is 0 Å². The predicted octanol–water partition coefficient (Wildman–Crippen LogP) is 1.78. The zero-order chi connectivity index (χ0) is 6.97. The molecule has 0 aromatic carbocycles. The van der Waals surface area contributed by atoms with Crippen LogP contribution in [-0.2, 0) is 6.54 Å². The van der Waals surface area contributed by atoms with Crippen LogP contribution in [0, 0.1) is 0 Å². The maximum absolute atomic E-state index is 4.41. The Bertz CT molecular complexity index is 223. The Morgan fingerprint density at radius 3 is 3.00 bits per heavy atom. The number of hydrogen-bond donors (Lipinski definition) is 0. The average Bonchev–Trinajstić information content (AvgIpc) is 2.70. The largest absolute Gasteiger partial charge is 0.273 e. The van der Waals surface area contributed by atoms with E-state index in [1.54, 1.807) is 0 Å². The van der Waals surface area contributed by atoms with E-state index in [2.05, 4.69) is 24.3 Å². The van der Waals surface area contributed by atoms with Crippen LogP contribution in [0.4, 0.5) is 0 Å². The van der Waals surface area contributed by atoms with Gasteiger partial charge in [0, 0.05) is 18.7 Å². The van der Waals surface area contributed by atoms with Crippen molar-refractivity contribution in [3.8, 4) is 0 Å². The lowest BCUT2D eigenvalue weighted by Gasteiger charge is -1.91. The van der Waals surface area contributed by atoms with E-state index < -0.39 is 0 Å². The van der Waals surface area contributed by atoms with Crippen LogP contribution in [0.2, 0.25) is 0 Å². The van der Waals surface area contributed by atoms with Gasteiger partial charge < -0.3 is 0 Å². The van der Waals surface area contributed by atoms with Crippen LogP contribution in [0.1, 0.15) is 31.4 Å². The molecule has 1 heterocycles. The van der Waals surface area contributed by atoms with Gasteiger partial charge in [0.15, 0.2) is 0 Å². The summed E-state index contributed by atoms with van der Waals surface area (Å²) in [6.07, 6.45) is 4.76. The van der Waals surface area contributed by atoms with Gasteiger partial charge >= 0.3 is 0 Å². The van der Waals surface area contributed by atoms with E-state index >= 15 is 0 Å². The van der Waals surface area contributed by atoms with Crippen LogP contribution in [0.15, 0.2) is 12.3 Å². The molecule has 0 atom stereocenters. The van der Waals surface area contributed by atoms with E-state index in [0.717, 1.165) is 12.5 Å². The monoisotopic (exact) mass is 136 g/mol. The minimum Gasteiger partial charge on any atom is -0.273 e. The van der Waals surface area contributed by atoms with Gasteiger partial charge in [-0.1, -0.05) is 0 Å². The zero-order valence-electron chi connectivity index (χ0n) is 6.25. The summed E-state index contributed by atoms with van der Waals surface area (Å²) in [4.78, 5) is 0. The van der Waals surface area contributed by atoms with Crippen molar-refractivity contribution in [2.75, 3.05) is 0 Å². The topological polar surface area (TPSA) is 17.8 Å². The molecule has 0 unspecified atom stereocenters. The van der Waals surface area contributed by atoms with Crippen molar-refractivity contribution in [2.45, 2.75) is 32.2 Å². The minimum absolute atomic E-state index is 0.799. The van der Waals surface area contributed by atoms with Gasteiger partial charge in [0.25, 0.3) is 0 Å². The molecule has 1 aliphatic rings. The minimum atomic E-state index is 0.799. The Morgan fingerprint density at radius 2 is 2.50 bits per heavy atom. The predicted molar refractivity (Wildman–Crippen MR) is 39.9 cm³/mol. The third-order valence-electron chi connectivity index (χ3n) is 1.98. The van der Waals surface area contributed by atoms with Crippen molar-refractivity contribution in [2.24, 2.45) is 0 Å². The molecule has 0 N–H and O–H groups in total. The highest BCUT2D eigenvalue weighted by molar-refractivity contribution is 5.12. The second-order valence-corrected chi connectivity index (χ2v) is 2.87. The van der Waals surface area contributed by atoms with Gasteiger partial charge in [-0.15, -0.1) is 0 Å². The van der Waals surface area contributed by atoms with E-state index in [-0.39, 0.29) is 0 Å². The Hall–Kier alpha value is -0.790. The molecular weight excluding hydrogens is 124 g/mol. The lowest BCUT2D eigenvalue weighted by atomic mass is 10.3. The van der Waals surface area contributed by atoms with E-state index in [1.165, 1.54) is 18.5 Å². The fraction of sp³-hybridized carbons (Fsp3) is 0.625. The molecule has 54 valence electrons. The molecule has 0 aliphatic heterocycles. The number of nitrogens with zero attached hydrogens (tertiary/aromatic N) is 2. The van der Waals surface area contributed by atoms with Gasteiger partial charge in [-0.05, 0) is 25.8 Å². The zero-order valence-corrected chi connectivity index (χ0v) is 6.25. The smallest absolute Gasteiger partial charge is 0.0655 e. The van der Waals surface area contributed by atoms with Crippen molar-refractivity contribution in [1.82, 2.24) is 9.78 Å². The fourth-order valence-corrected chi connectivity index (χ4v) is 1.15. The SMILES string of the molecule is CCn1ccc(C2CC2)n1. The van der Waals surface area contributed by atoms with Crippen LogP contribution >= 0.6 is 0 Å². The molecule has 1 aliphatic carbocycles. The van der Waals surface area contributed by atoms with Gasteiger partial charge in [0.05, 0.1) is 5.69 Å². The Labute approximate surface area is 60.9 Å². The molecule has 1 aromatic rings. The molecule has 0 saturated heterocycles. The van der Waals surface area contributed by atoms with Crippen LogP contribution < -0.4 is 0 Å². The molecule has 2 rings (SSSR count). The molecule has 2 nitrogen and oxygen atoms in total. The first-order chi connectivity index (χ1) is 4.90. The van der Waals surface area contributed by atoms with Gasteiger partial charge in [-0.3, -0.25) is 4.68 Å². The Kier molecular flexibility index (Phi) is 1.26. The highest BCUT2D eigenvalue weighted by Gasteiger charge is 2.25. The summed E-state index contributed by atoms with van der Waals surface area (Å²) in [5.74, 6) is 0.799.